The highest BCUT2D eigenvalue weighted by Crippen LogP contribution is 2.24. The lowest BCUT2D eigenvalue weighted by Gasteiger charge is -1.99. The van der Waals surface area contributed by atoms with Crippen molar-refractivity contribution in [3.63, 3.8) is 0 Å². The van der Waals surface area contributed by atoms with Gasteiger partial charge in [0.15, 0.2) is 0 Å². The number of aryl methyl sites for hydroxylation is 2. The highest BCUT2D eigenvalue weighted by atomic mass is 32.2. The summed E-state index contributed by atoms with van der Waals surface area (Å²) in [6.07, 6.45) is 0. The summed E-state index contributed by atoms with van der Waals surface area (Å²) in [5.74, 6) is -0.329. The van der Waals surface area contributed by atoms with Crippen molar-refractivity contribution >= 4 is 29.1 Å². The molecule has 0 amide bonds. The number of tetrazole rings is 1. The molecule has 0 saturated carbocycles. The predicted octanol–water partition coefficient (Wildman–Crippen LogP) is 1.12. The lowest BCUT2D eigenvalue weighted by atomic mass is 10.4. The van der Waals surface area contributed by atoms with Crippen molar-refractivity contribution in [3.05, 3.63) is 15.6 Å². The Labute approximate surface area is 111 Å². The standard InChI is InChI=1S/C9H11N5O2S2/c1-5-6(2)18-7(10-5)4-17-9-11-12-13-14(9)3-8(15)16/h3-4H2,1-2H3,(H,15,16). The molecule has 0 fully saturated rings. The van der Waals surface area contributed by atoms with Crippen molar-refractivity contribution < 1.29 is 9.90 Å². The molecule has 2 heterocycles. The molecule has 2 aromatic rings. The third kappa shape index (κ3) is 3.05. The van der Waals surface area contributed by atoms with E-state index in [1.54, 1.807) is 11.3 Å². The van der Waals surface area contributed by atoms with Crippen LogP contribution in [0.1, 0.15) is 15.6 Å². The van der Waals surface area contributed by atoms with E-state index in [1.807, 2.05) is 13.8 Å². The van der Waals surface area contributed by atoms with E-state index < -0.39 is 5.97 Å². The molecule has 2 aromatic heterocycles. The summed E-state index contributed by atoms with van der Waals surface area (Å²) in [4.78, 5) is 16.2. The fourth-order valence-electron chi connectivity index (χ4n) is 1.25. The second kappa shape index (κ2) is 5.44. The third-order valence-corrected chi connectivity index (χ3v) is 4.41. The summed E-state index contributed by atoms with van der Waals surface area (Å²) in [7, 11) is 0. The van der Waals surface area contributed by atoms with E-state index in [1.165, 1.54) is 21.3 Å². The van der Waals surface area contributed by atoms with Gasteiger partial charge in [-0.3, -0.25) is 4.79 Å². The van der Waals surface area contributed by atoms with Gasteiger partial charge in [0.25, 0.3) is 0 Å². The van der Waals surface area contributed by atoms with Crippen molar-refractivity contribution in [3.8, 4) is 0 Å². The zero-order chi connectivity index (χ0) is 13.1. The fraction of sp³-hybridized carbons (Fsp3) is 0.444. The van der Waals surface area contributed by atoms with Crippen molar-refractivity contribution in [2.24, 2.45) is 0 Å². The molecule has 0 spiro atoms. The van der Waals surface area contributed by atoms with Gasteiger partial charge in [0, 0.05) is 4.88 Å². The van der Waals surface area contributed by atoms with Crippen LogP contribution in [0.2, 0.25) is 0 Å². The zero-order valence-corrected chi connectivity index (χ0v) is 11.5. The molecule has 0 unspecified atom stereocenters. The van der Waals surface area contributed by atoms with Crippen LogP contribution in [0.15, 0.2) is 5.16 Å². The molecule has 0 aliphatic carbocycles. The molecule has 0 aliphatic rings. The number of aliphatic carboxylic acids is 1. The molecular formula is C9H11N5O2S2. The Hall–Kier alpha value is -1.48. The van der Waals surface area contributed by atoms with Crippen LogP contribution in [0.5, 0.6) is 0 Å². The Bertz CT molecular complexity index is 546. The van der Waals surface area contributed by atoms with Crippen LogP contribution < -0.4 is 0 Å². The Balaban J connectivity index is 2.02. The second-order valence-corrected chi connectivity index (χ2v) is 5.78. The van der Waals surface area contributed by atoms with E-state index in [9.17, 15) is 4.79 Å². The topological polar surface area (TPSA) is 93.8 Å². The Morgan fingerprint density at radius 2 is 2.28 bits per heavy atom. The van der Waals surface area contributed by atoms with Crippen molar-refractivity contribution in [1.29, 1.82) is 0 Å². The second-order valence-electron chi connectivity index (χ2n) is 3.55. The third-order valence-electron chi connectivity index (χ3n) is 2.18. The van der Waals surface area contributed by atoms with E-state index in [0.717, 1.165) is 10.7 Å². The van der Waals surface area contributed by atoms with Crippen molar-refractivity contribution in [1.82, 2.24) is 25.2 Å². The van der Waals surface area contributed by atoms with Crippen LogP contribution in [0.3, 0.4) is 0 Å². The monoisotopic (exact) mass is 285 g/mol. The van der Waals surface area contributed by atoms with Gasteiger partial charge in [0.2, 0.25) is 5.16 Å². The van der Waals surface area contributed by atoms with Crippen LogP contribution in [0.25, 0.3) is 0 Å². The van der Waals surface area contributed by atoms with Gasteiger partial charge in [-0.15, -0.1) is 16.4 Å². The van der Waals surface area contributed by atoms with E-state index in [0.29, 0.717) is 10.9 Å². The SMILES string of the molecule is Cc1nc(CSc2nnnn2CC(=O)O)sc1C. The molecule has 0 radical (unpaired) electrons. The summed E-state index contributed by atoms with van der Waals surface area (Å²) in [6.45, 7) is 3.76. The van der Waals surface area contributed by atoms with E-state index in [2.05, 4.69) is 20.5 Å². The lowest BCUT2D eigenvalue weighted by molar-refractivity contribution is -0.138. The predicted molar refractivity (Wildman–Crippen MR) is 66.6 cm³/mol. The molecule has 0 aliphatic heterocycles. The summed E-state index contributed by atoms with van der Waals surface area (Å²) in [6, 6.07) is 0. The normalized spacial score (nSPS) is 10.8. The molecule has 18 heavy (non-hydrogen) atoms. The highest BCUT2D eigenvalue weighted by molar-refractivity contribution is 7.98. The molecule has 0 aromatic carbocycles. The summed E-state index contributed by atoms with van der Waals surface area (Å²) >= 11 is 3.01. The minimum absolute atomic E-state index is 0.231. The van der Waals surface area contributed by atoms with Gasteiger partial charge in [-0.05, 0) is 24.3 Å². The molecule has 1 N–H and O–H groups in total. The number of aromatic nitrogens is 5. The van der Waals surface area contributed by atoms with Crippen LogP contribution in [-0.4, -0.2) is 36.3 Å². The smallest absolute Gasteiger partial charge is 0.325 e. The maximum absolute atomic E-state index is 10.6. The number of thioether (sulfide) groups is 1. The van der Waals surface area contributed by atoms with Crippen molar-refractivity contribution in [2.45, 2.75) is 31.3 Å². The minimum Gasteiger partial charge on any atom is -0.480 e. The molecule has 7 nitrogen and oxygen atoms in total. The number of nitrogens with zero attached hydrogens (tertiary/aromatic N) is 5. The number of hydrogen-bond donors (Lipinski definition) is 1. The van der Waals surface area contributed by atoms with Gasteiger partial charge in [-0.25, -0.2) is 9.67 Å². The minimum atomic E-state index is -0.968. The molecule has 0 bridgehead atoms. The first-order chi connectivity index (χ1) is 8.56. The average Bonchev–Trinajstić information content (AvgIpc) is 2.83. The number of thiazole rings is 1. The molecule has 0 atom stereocenters. The maximum Gasteiger partial charge on any atom is 0.325 e. The Morgan fingerprint density at radius 3 is 2.89 bits per heavy atom. The molecule has 96 valence electrons. The van der Waals surface area contributed by atoms with Gasteiger partial charge >= 0.3 is 5.97 Å². The van der Waals surface area contributed by atoms with Gasteiger partial charge in [-0.2, -0.15) is 0 Å². The first kappa shape index (κ1) is 13.0. The van der Waals surface area contributed by atoms with Gasteiger partial charge in [0.05, 0.1) is 11.4 Å². The van der Waals surface area contributed by atoms with Gasteiger partial charge in [-0.1, -0.05) is 11.8 Å². The van der Waals surface area contributed by atoms with Gasteiger partial charge in [0.1, 0.15) is 11.6 Å². The molecule has 0 saturated heterocycles. The number of carboxylic acids is 1. The highest BCUT2D eigenvalue weighted by Gasteiger charge is 2.11. The first-order valence-corrected chi connectivity index (χ1v) is 6.90. The average molecular weight is 285 g/mol. The number of rotatable bonds is 5. The first-order valence-electron chi connectivity index (χ1n) is 5.10. The number of hydrogen-bond acceptors (Lipinski definition) is 7. The van der Waals surface area contributed by atoms with Crippen LogP contribution in [0, 0.1) is 13.8 Å². The van der Waals surface area contributed by atoms with E-state index >= 15 is 0 Å². The molecule has 2 rings (SSSR count). The fourth-order valence-corrected chi connectivity index (χ4v) is 3.06. The number of carboxylic acid groups (broad SMARTS) is 1. The summed E-state index contributed by atoms with van der Waals surface area (Å²) < 4.78 is 1.26. The Kier molecular flexibility index (Phi) is 3.92. The maximum atomic E-state index is 10.6. The quantitative estimate of drug-likeness (QED) is 0.823. The van der Waals surface area contributed by atoms with Crippen LogP contribution in [0.4, 0.5) is 0 Å². The summed E-state index contributed by atoms with van der Waals surface area (Å²) in [5, 5.41) is 21.1. The van der Waals surface area contributed by atoms with Crippen LogP contribution >= 0.6 is 23.1 Å². The van der Waals surface area contributed by atoms with E-state index in [-0.39, 0.29) is 6.54 Å². The number of carbonyl (C=O) groups is 1. The van der Waals surface area contributed by atoms with Gasteiger partial charge < -0.3 is 5.11 Å². The zero-order valence-electron chi connectivity index (χ0n) is 9.82. The van der Waals surface area contributed by atoms with E-state index in [4.69, 9.17) is 5.11 Å². The van der Waals surface area contributed by atoms with Crippen molar-refractivity contribution in [2.75, 3.05) is 0 Å². The molecule has 9 heteroatoms. The largest absolute Gasteiger partial charge is 0.480 e. The lowest BCUT2D eigenvalue weighted by Crippen LogP contribution is -2.11. The van der Waals surface area contributed by atoms with Crippen LogP contribution in [-0.2, 0) is 17.1 Å². The molecular weight excluding hydrogens is 274 g/mol. The Morgan fingerprint density at radius 1 is 1.50 bits per heavy atom. The summed E-state index contributed by atoms with van der Waals surface area (Å²) in [5.41, 5.74) is 1.03.